The number of benzene rings is 1. The Morgan fingerprint density at radius 3 is 2.79 bits per heavy atom. The Morgan fingerprint density at radius 1 is 1.43 bits per heavy atom. The van der Waals surface area contributed by atoms with Crippen LogP contribution >= 0.6 is 24.2 Å². The molecule has 0 unspecified atom stereocenters. The average molecular weight is 229 g/mol. The van der Waals surface area contributed by atoms with Gasteiger partial charge in [-0.25, -0.2) is 0 Å². The fourth-order valence-electron chi connectivity index (χ4n) is 1.32. The van der Waals surface area contributed by atoms with Gasteiger partial charge in [0.2, 0.25) is 0 Å². The standard InChI is InChI=1S/C11H13ClOS/c12-9-2-1-3-10(6-9)13-7-11(8-14)4-5-11/h1-3,6,14H,4-5,7-8H2. The molecule has 2 rings (SSSR count). The summed E-state index contributed by atoms with van der Waals surface area (Å²) >= 11 is 10.2. The smallest absolute Gasteiger partial charge is 0.120 e. The van der Waals surface area contributed by atoms with E-state index in [2.05, 4.69) is 12.6 Å². The van der Waals surface area contributed by atoms with Gasteiger partial charge in [0.15, 0.2) is 0 Å². The molecule has 3 heteroatoms. The van der Waals surface area contributed by atoms with Crippen molar-refractivity contribution in [1.29, 1.82) is 0 Å². The van der Waals surface area contributed by atoms with E-state index in [1.54, 1.807) is 0 Å². The fraction of sp³-hybridized carbons (Fsp3) is 0.455. The van der Waals surface area contributed by atoms with Crippen LogP contribution in [0, 0.1) is 5.41 Å². The van der Waals surface area contributed by atoms with E-state index >= 15 is 0 Å². The number of rotatable bonds is 4. The number of hydrogen-bond acceptors (Lipinski definition) is 2. The summed E-state index contributed by atoms with van der Waals surface area (Å²) in [6.45, 7) is 0.761. The lowest BCUT2D eigenvalue weighted by Gasteiger charge is -2.13. The summed E-state index contributed by atoms with van der Waals surface area (Å²) in [5.41, 5.74) is 0.339. The van der Waals surface area contributed by atoms with Crippen molar-refractivity contribution in [2.45, 2.75) is 12.8 Å². The summed E-state index contributed by atoms with van der Waals surface area (Å²) in [5, 5.41) is 0.721. The van der Waals surface area contributed by atoms with Crippen LogP contribution in [0.1, 0.15) is 12.8 Å². The van der Waals surface area contributed by atoms with Crippen molar-refractivity contribution in [2.24, 2.45) is 5.41 Å². The predicted octanol–water partition coefficient (Wildman–Crippen LogP) is 3.43. The highest BCUT2D eigenvalue weighted by Gasteiger charge is 2.42. The van der Waals surface area contributed by atoms with E-state index in [1.165, 1.54) is 12.8 Å². The topological polar surface area (TPSA) is 9.23 Å². The minimum absolute atomic E-state index is 0.339. The summed E-state index contributed by atoms with van der Waals surface area (Å²) in [6.07, 6.45) is 2.47. The second-order valence-electron chi connectivity index (χ2n) is 3.90. The Hall–Kier alpha value is -0.340. The molecule has 1 aromatic carbocycles. The van der Waals surface area contributed by atoms with Crippen LogP contribution in [0.2, 0.25) is 5.02 Å². The quantitative estimate of drug-likeness (QED) is 0.777. The zero-order valence-corrected chi connectivity index (χ0v) is 9.52. The normalized spacial score (nSPS) is 17.9. The van der Waals surface area contributed by atoms with E-state index in [1.807, 2.05) is 24.3 Å². The van der Waals surface area contributed by atoms with Gasteiger partial charge in [0.05, 0.1) is 6.61 Å². The Labute approximate surface area is 94.8 Å². The Bertz CT molecular complexity index is 323. The second-order valence-corrected chi connectivity index (χ2v) is 4.66. The third-order valence-electron chi connectivity index (χ3n) is 2.63. The molecule has 0 amide bonds. The van der Waals surface area contributed by atoms with Crippen molar-refractivity contribution in [3.05, 3.63) is 29.3 Å². The van der Waals surface area contributed by atoms with Crippen molar-refractivity contribution in [3.63, 3.8) is 0 Å². The van der Waals surface area contributed by atoms with Crippen LogP contribution in [-0.2, 0) is 0 Å². The van der Waals surface area contributed by atoms with Crippen LogP contribution in [0.15, 0.2) is 24.3 Å². The number of hydrogen-bond donors (Lipinski definition) is 1. The molecule has 1 aliphatic carbocycles. The van der Waals surface area contributed by atoms with Gasteiger partial charge in [-0.15, -0.1) is 0 Å². The Balaban J connectivity index is 1.92. The molecule has 0 aliphatic heterocycles. The molecule has 1 fully saturated rings. The molecule has 1 aliphatic rings. The second kappa shape index (κ2) is 4.03. The highest BCUT2D eigenvalue weighted by Crippen LogP contribution is 2.46. The van der Waals surface area contributed by atoms with Crippen LogP contribution in [0.5, 0.6) is 5.75 Å². The molecule has 1 saturated carbocycles. The molecule has 1 nitrogen and oxygen atoms in total. The molecule has 0 saturated heterocycles. The van der Waals surface area contributed by atoms with Gasteiger partial charge in [-0.05, 0) is 36.8 Å². The maximum atomic E-state index is 5.85. The molecule has 0 aromatic heterocycles. The Morgan fingerprint density at radius 2 is 2.21 bits per heavy atom. The number of halogens is 1. The van der Waals surface area contributed by atoms with Crippen LogP contribution in [0.25, 0.3) is 0 Å². The molecule has 0 radical (unpaired) electrons. The van der Waals surface area contributed by atoms with Crippen LogP contribution in [-0.4, -0.2) is 12.4 Å². The summed E-state index contributed by atoms with van der Waals surface area (Å²) in [6, 6.07) is 7.52. The van der Waals surface area contributed by atoms with Crippen molar-refractivity contribution in [1.82, 2.24) is 0 Å². The zero-order chi connectivity index (χ0) is 10.0. The van der Waals surface area contributed by atoms with Crippen LogP contribution in [0.3, 0.4) is 0 Å². The van der Waals surface area contributed by atoms with E-state index < -0.39 is 0 Å². The van der Waals surface area contributed by atoms with Gasteiger partial charge < -0.3 is 4.74 Å². The summed E-state index contributed by atoms with van der Waals surface area (Å²) in [5.74, 6) is 1.76. The van der Waals surface area contributed by atoms with E-state index in [9.17, 15) is 0 Å². The molecule has 0 heterocycles. The first-order valence-electron chi connectivity index (χ1n) is 4.73. The highest BCUT2D eigenvalue weighted by molar-refractivity contribution is 7.80. The third-order valence-corrected chi connectivity index (χ3v) is 3.54. The van der Waals surface area contributed by atoms with Gasteiger partial charge in [-0.2, -0.15) is 12.6 Å². The van der Waals surface area contributed by atoms with E-state index in [0.29, 0.717) is 5.41 Å². The fourth-order valence-corrected chi connectivity index (χ4v) is 1.91. The first-order chi connectivity index (χ1) is 6.74. The molecule has 0 spiro atoms. The van der Waals surface area contributed by atoms with Crippen molar-refractivity contribution in [2.75, 3.05) is 12.4 Å². The van der Waals surface area contributed by atoms with Crippen molar-refractivity contribution < 1.29 is 4.74 Å². The minimum atomic E-state index is 0.339. The molecular formula is C11H13ClOS. The van der Waals surface area contributed by atoms with Crippen LogP contribution < -0.4 is 4.74 Å². The van der Waals surface area contributed by atoms with Crippen LogP contribution in [0.4, 0.5) is 0 Å². The zero-order valence-electron chi connectivity index (χ0n) is 7.87. The van der Waals surface area contributed by atoms with Gasteiger partial charge in [0.25, 0.3) is 0 Å². The lowest BCUT2D eigenvalue weighted by atomic mass is 10.2. The number of ether oxygens (including phenoxy) is 1. The largest absolute Gasteiger partial charge is 0.493 e. The molecular weight excluding hydrogens is 216 g/mol. The van der Waals surface area contributed by atoms with Gasteiger partial charge in [0, 0.05) is 10.4 Å². The van der Waals surface area contributed by atoms with Gasteiger partial charge in [0.1, 0.15) is 5.75 Å². The first-order valence-corrected chi connectivity index (χ1v) is 5.74. The maximum absolute atomic E-state index is 5.85. The molecule has 1 aromatic rings. The van der Waals surface area contributed by atoms with Gasteiger partial charge >= 0.3 is 0 Å². The lowest BCUT2D eigenvalue weighted by Crippen LogP contribution is -2.14. The molecule has 0 atom stereocenters. The third kappa shape index (κ3) is 2.37. The molecule has 0 N–H and O–H groups in total. The first kappa shape index (κ1) is 10.2. The SMILES string of the molecule is SCC1(COc2cccc(Cl)c2)CC1. The molecule has 76 valence electrons. The lowest BCUT2D eigenvalue weighted by molar-refractivity contribution is 0.251. The van der Waals surface area contributed by atoms with Crippen molar-refractivity contribution >= 4 is 24.2 Å². The van der Waals surface area contributed by atoms with Crippen molar-refractivity contribution in [3.8, 4) is 5.75 Å². The summed E-state index contributed by atoms with van der Waals surface area (Å²) < 4.78 is 5.67. The van der Waals surface area contributed by atoms with Gasteiger partial charge in [-0.1, -0.05) is 17.7 Å². The average Bonchev–Trinajstić information content (AvgIpc) is 2.96. The predicted molar refractivity (Wildman–Crippen MR) is 62.5 cm³/mol. The van der Waals surface area contributed by atoms with Gasteiger partial charge in [-0.3, -0.25) is 0 Å². The monoisotopic (exact) mass is 228 g/mol. The molecule has 14 heavy (non-hydrogen) atoms. The number of thiol groups is 1. The highest BCUT2D eigenvalue weighted by atomic mass is 35.5. The van der Waals surface area contributed by atoms with E-state index in [4.69, 9.17) is 16.3 Å². The summed E-state index contributed by atoms with van der Waals surface area (Å²) in [4.78, 5) is 0. The summed E-state index contributed by atoms with van der Waals surface area (Å²) in [7, 11) is 0. The minimum Gasteiger partial charge on any atom is -0.493 e. The molecule has 0 bridgehead atoms. The Kier molecular flexibility index (Phi) is 2.93. The van der Waals surface area contributed by atoms with E-state index in [-0.39, 0.29) is 0 Å². The maximum Gasteiger partial charge on any atom is 0.120 e. The van der Waals surface area contributed by atoms with E-state index in [0.717, 1.165) is 23.1 Å².